The molecule has 0 aliphatic heterocycles. The molecular formula is C8H14BKO5. The number of aromatic hydroxyl groups is 2. The van der Waals surface area contributed by atoms with E-state index in [1.54, 1.807) is 12.1 Å². The Hall–Kier alpha value is 0.401. The molecule has 7 heteroatoms. The number of hydrogen-bond donors (Lipinski definition) is 3. The van der Waals surface area contributed by atoms with E-state index in [0.717, 1.165) is 0 Å². The molecule has 0 fully saturated rings. The van der Waals surface area contributed by atoms with Crippen molar-refractivity contribution in [2.75, 3.05) is 14.2 Å². The molecule has 15 heavy (non-hydrogen) atoms. The van der Waals surface area contributed by atoms with Gasteiger partial charge in [-0.2, -0.15) is 0 Å². The summed E-state index contributed by atoms with van der Waals surface area (Å²) >= 11 is 0. The summed E-state index contributed by atoms with van der Waals surface area (Å²) in [7, 11) is 1.65. The molecule has 0 bridgehead atoms. The van der Waals surface area contributed by atoms with Gasteiger partial charge in [-0.05, 0) is 12.1 Å². The fraction of sp³-hybridized carbons (Fsp3) is 0.250. The van der Waals surface area contributed by atoms with Gasteiger partial charge in [-0.25, -0.2) is 0 Å². The Balaban J connectivity index is 0. The second kappa shape index (κ2) is 10.9. The third-order valence-corrected chi connectivity index (χ3v) is 1.29. The van der Waals surface area contributed by atoms with E-state index < -0.39 is 7.32 Å². The molecule has 80 valence electrons. The zero-order valence-electron chi connectivity index (χ0n) is 8.04. The van der Waals surface area contributed by atoms with Gasteiger partial charge in [0, 0.05) is 14.2 Å². The standard InChI is InChI=1S/C6H6O2.C2H7BO3.K.H/c7-5-3-1-2-4-6(5)8;1-5-3(4)6-2;;/h1-4,7-8H;4H,1-2H3;;. The van der Waals surface area contributed by atoms with Crippen molar-refractivity contribution in [2.24, 2.45) is 0 Å². The van der Waals surface area contributed by atoms with Crippen molar-refractivity contribution >= 4 is 58.7 Å². The number of hydrogen-bond acceptors (Lipinski definition) is 5. The minimum atomic E-state index is -1.06. The Morgan fingerprint density at radius 1 is 1.00 bits per heavy atom. The molecule has 0 aliphatic carbocycles. The van der Waals surface area contributed by atoms with Crippen LogP contribution >= 0.6 is 0 Å². The maximum atomic E-state index is 8.67. The SMILES string of the molecule is COB(O)OC.Oc1ccccc1O.[KH]. The zero-order chi connectivity index (χ0) is 11.0. The molecular weight excluding hydrogens is 226 g/mol. The molecule has 0 radical (unpaired) electrons. The van der Waals surface area contributed by atoms with E-state index >= 15 is 0 Å². The van der Waals surface area contributed by atoms with Crippen LogP contribution in [-0.4, -0.2) is 88.2 Å². The van der Waals surface area contributed by atoms with Crippen LogP contribution in [0.1, 0.15) is 0 Å². The van der Waals surface area contributed by atoms with Crippen molar-refractivity contribution in [1.82, 2.24) is 0 Å². The van der Waals surface area contributed by atoms with Crippen LogP contribution in [0.15, 0.2) is 24.3 Å². The molecule has 0 spiro atoms. The first-order valence-electron chi connectivity index (χ1n) is 3.82. The molecule has 0 heterocycles. The Labute approximate surface area is 132 Å². The van der Waals surface area contributed by atoms with Crippen molar-refractivity contribution in [3.63, 3.8) is 0 Å². The van der Waals surface area contributed by atoms with Crippen LogP contribution in [0.25, 0.3) is 0 Å². The predicted octanol–water partition coefficient (Wildman–Crippen LogP) is -0.294. The number of phenols is 2. The van der Waals surface area contributed by atoms with E-state index in [1.807, 2.05) is 0 Å². The number of phenolic OH excluding ortho intramolecular Hbond substituents is 2. The van der Waals surface area contributed by atoms with Crippen LogP contribution in [-0.2, 0) is 9.31 Å². The van der Waals surface area contributed by atoms with Crippen molar-refractivity contribution in [3.05, 3.63) is 24.3 Å². The molecule has 0 unspecified atom stereocenters. The molecule has 5 nitrogen and oxygen atoms in total. The molecule has 0 atom stereocenters. The van der Waals surface area contributed by atoms with Crippen molar-refractivity contribution in [3.8, 4) is 11.5 Å². The first-order valence-corrected chi connectivity index (χ1v) is 3.82. The van der Waals surface area contributed by atoms with Gasteiger partial charge in [0.2, 0.25) is 0 Å². The second-order valence-corrected chi connectivity index (χ2v) is 2.27. The van der Waals surface area contributed by atoms with E-state index in [1.165, 1.54) is 26.4 Å². The molecule has 0 aromatic heterocycles. The van der Waals surface area contributed by atoms with Gasteiger partial charge in [0.05, 0.1) is 0 Å². The number of rotatable bonds is 2. The Morgan fingerprint density at radius 3 is 1.47 bits per heavy atom. The van der Waals surface area contributed by atoms with Gasteiger partial charge >= 0.3 is 58.7 Å². The summed E-state index contributed by atoms with van der Waals surface area (Å²) in [5.41, 5.74) is 0. The Kier molecular flexibility index (Phi) is 12.9. The molecule has 3 N–H and O–H groups in total. The minimum absolute atomic E-state index is 0. The van der Waals surface area contributed by atoms with Crippen LogP contribution in [0.5, 0.6) is 11.5 Å². The van der Waals surface area contributed by atoms with Gasteiger partial charge in [0.1, 0.15) is 0 Å². The molecule has 0 amide bonds. The summed E-state index contributed by atoms with van der Waals surface area (Å²) in [6, 6.07) is 6.15. The summed E-state index contributed by atoms with van der Waals surface area (Å²) < 4.78 is 8.47. The predicted molar refractivity (Wildman–Crippen MR) is 58.9 cm³/mol. The second-order valence-electron chi connectivity index (χ2n) is 2.27. The molecule has 0 saturated heterocycles. The van der Waals surface area contributed by atoms with Gasteiger partial charge in [-0.3, -0.25) is 0 Å². The van der Waals surface area contributed by atoms with E-state index in [9.17, 15) is 0 Å². The van der Waals surface area contributed by atoms with E-state index in [0.29, 0.717) is 0 Å². The van der Waals surface area contributed by atoms with E-state index in [-0.39, 0.29) is 62.9 Å². The third-order valence-electron chi connectivity index (χ3n) is 1.29. The summed E-state index contributed by atoms with van der Waals surface area (Å²) in [5.74, 6) is -0.153. The fourth-order valence-electron chi connectivity index (χ4n) is 0.560. The first-order chi connectivity index (χ1) is 6.61. The van der Waals surface area contributed by atoms with Gasteiger partial charge in [0.15, 0.2) is 11.5 Å². The topological polar surface area (TPSA) is 79.2 Å². The average Bonchev–Trinajstić information content (AvgIpc) is 2.22. The fourth-order valence-corrected chi connectivity index (χ4v) is 0.560. The van der Waals surface area contributed by atoms with Crippen molar-refractivity contribution < 1.29 is 24.5 Å². The summed E-state index contributed by atoms with van der Waals surface area (Å²) in [4.78, 5) is 0. The number of para-hydroxylation sites is 2. The van der Waals surface area contributed by atoms with Crippen LogP contribution in [0, 0.1) is 0 Å². The van der Waals surface area contributed by atoms with Crippen molar-refractivity contribution in [1.29, 1.82) is 0 Å². The molecule has 0 aliphatic rings. The third kappa shape index (κ3) is 9.34. The Bertz CT molecular complexity index is 236. The van der Waals surface area contributed by atoms with E-state index in [2.05, 4.69) is 9.31 Å². The van der Waals surface area contributed by atoms with Gasteiger partial charge < -0.3 is 24.5 Å². The normalized spacial score (nSPS) is 8.20. The first kappa shape index (κ1) is 17.8. The van der Waals surface area contributed by atoms with Gasteiger partial charge in [-0.1, -0.05) is 12.1 Å². The summed E-state index contributed by atoms with van der Waals surface area (Å²) in [6.45, 7) is 0. The Morgan fingerprint density at radius 2 is 1.33 bits per heavy atom. The summed E-state index contributed by atoms with van der Waals surface area (Å²) in [5, 5.41) is 25.6. The van der Waals surface area contributed by atoms with Crippen LogP contribution in [0.4, 0.5) is 0 Å². The summed E-state index contributed by atoms with van der Waals surface area (Å²) in [6.07, 6.45) is 0. The molecule has 1 aromatic carbocycles. The zero-order valence-corrected chi connectivity index (χ0v) is 8.04. The maximum absolute atomic E-state index is 8.67. The van der Waals surface area contributed by atoms with Crippen LogP contribution in [0.3, 0.4) is 0 Å². The molecule has 0 saturated carbocycles. The molecule has 1 rings (SSSR count). The molecule has 1 aromatic rings. The average molecular weight is 240 g/mol. The van der Waals surface area contributed by atoms with Crippen LogP contribution in [0.2, 0.25) is 0 Å². The quantitative estimate of drug-likeness (QED) is 0.489. The van der Waals surface area contributed by atoms with Crippen molar-refractivity contribution in [2.45, 2.75) is 0 Å². The van der Waals surface area contributed by atoms with Gasteiger partial charge in [-0.15, -0.1) is 0 Å². The monoisotopic (exact) mass is 240 g/mol. The van der Waals surface area contributed by atoms with E-state index in [4.69, 9.17) is 15.2 Å². The number of benzene rings is 1. The van der Waals surface area contributed by atoms with Crippen LogP contribution < -0.4 is 0 Å². The van der Waals surface area contributed by atoms with Gasteiger partial charge in [0.25, 0.3) is 0 Å².